The van der Waals surface area contributed by atoms with Crippen LogP contribution in [0.4, 0.5) is 14.5 Å². The van der Waals surface area contributed by atoms with E-state index in [0.717, 1.165) is 11.0 Å². The molecular weight excluding hydrogens is 431 g/mol. The van der Waals surface area contributed by atoms with E-state index in [4.69, 9.17) is 9.31 Å². The summed E-state index contributed by atoms with van der Waals surface area (Å²) < 4.78 is 48.1. The van der Waals surface area contributed by atoms with E-state index in [2.05, 4.69) is 14.8 Å². The fraction of sp³-hybridized carbons (Fsp3) is 0.458. The molecule has 2 aromatic carbocycles. The molecule has 6 nitrogen and oxygen atoms in total. The third kappa shape index (κ3) is 3.67. The van der Waals surface area contributed by atoms with Crippen molar-refractivity contribution in [2.75, 3.05) is 5.32 Å². The van der Waals surface area contributed by atoms with Crippen LogP contribution in [0.25, 0.3) is 0 Å². The number of halogens is 2. The lowest BCUT2D eigenvalue weighted by atomic mass is 9.76. The first-order chi connectivity index (χ1) is 15.3. The third-order valence-corrected chi connectivity index (χ3v) is 7.18. The van der Waals surface area contributed by atoms with Crippen LogP contribution >= 0.6 is 0 Å². The summed E-state index contributed by atoms with van der Waals surface area (Å²) in [6.07, 6.45) is -2.46. The van der Waals surface area contributed by atoms with Crippen molar-refractivity contribution in [2.45, 2.75) is 70.4 Å². The highest BCUT2D eigenvalue weighted by Gasteiger charge is 2.54. The Morgan fingerprint density at radius 1 is 0.939 bits per heavy atom. The summed E-state index contributed by atoms with van der Waals surface area (Å²) >= 11 is 0. The van der Waals surface area contributed by atoms with Gasteiger partial charge >= 0.3 is 13.4 Å². The average Bonchev–Trinajstić information content (AvgIpc) is 3.40. The van der Waals surface area contributed by atoms with Crippen molar-refractivity contribution in [2.24, 2.45) is 0 Å². The van der Waals surface area contributed by atoms with Crippen LogP contribution in [0, 0.1) is 6.92 Å². The van der Waals surface area contributed by atoms with Gasteiger partial charge in [-0.3, -0.25) is 4.79 Å². The highest BCUT2D eigenvalue weighted by molar-refractivity contribution is 6.62. The van der Waals surface area contributed by atoms with E-state index < -0.39 is 30.0 Å². The van der Waals surface area contributed by atoms with Gasteiger partial charge in [0, 0.05) is 5.69 Å². The number of nitrogens with one attached hydrogen (secondary N) is 1. The zero-order chi connectivity index (χ0) is 23.8. The lowest BCUT2D eigenvalue weighted by Gasteiger charge is -2.32. The van der Waals surface area contributed by atoms with Crippen LogP contribution in [0.5, 0.6) is 11.5 Å². The van der Waals surface area contributed by atoms with Gasteiger partial charge in [-0.05, 0) is 82.8 Å². The highest BCUT2D eigenvalue weighted by Crippen LogP contribution is 2.52. The second kappa shape index (κ2) is 6.93. The summed E-state index contributed by atoms with van der Waals surface area (Å²) in [7, 11) is -0.544. The fourth-order valence-electron chi connectivity index (χ4n) is 4.21. The van der Waals surface area contributed by atoms with Crippen molar-refractivity contribution in [1.29, 1.82) is 0 Å². The Morgan fingerprint density at radius 2 is 1.58 bits per heavy atom. The molecule has 2 aliphatic heterocycles. The zero-order valence-corrected chi connectivity index (χ0v) is 19.3. The van der Waals surface area contributed by atoms with E-state index in [1.807, 2.05) is 52.8 Å². The molecular formula is C24H26BF2NO5. The summed E-state index contributed by atoms with van der Waals surface area (Å²) in [5.41, 5.74) is 1.35. The van der Waals surface area contributed by atoms with Crippen LogP contribution in [-0.2, 0) is 19.5 Å². The Bertz CT molecular complexity index is 1130. The van der Waals surface area contributed by atoms with Gasteiger partial charge in [0.25, 0.3) is 0 Å². The number of carbonyl (C=O) groups excluding carboxylic acids is 1. The number of hydrogen-bond acceptors (Lipinski definition) is 5. The van der Waals surface area contributed by atoms with Gasteiger partial charge < -0.3 is 24.1 Å². The monoisotopic (exact) mass is 457 g/mol. The molecule has 5 rings (SSSR count). The number of carbonyl (C=O) groups is 1. The molecule has 2 aromatic rings. The molecule has 1 saturated carbocycles. The minimum Gasteiger partial charge on any atom is -0.399 e. The molecule has 1 saturated heterocycles. The predicted octanol–water partition coefficient (Wildman–Crippen LogP) is 4.29. The maximum atomic E-state index is 13.4. The second-order valence-electron chi connectivity index (χ2n) is 10.0. The molecule has 3 aliphatic rings. The molecule has 9 heteroatoms. The van der Waals surface area contributed by atoms with Gasteiger partial charge in [-0.25, -0.2) is 0 Å². The quantitative estimate of drug-likeness (QED) is 0.695. The number of amides is 1. The van der Waals surface area contributed by atoms with Gasteiger partial charge in [0.15, 0.2) is 11.5 Å². The molecule has 0 spiro atoms. The number of rotatable bonds is 4. The molecule has 0 bridgehead atoms. The molecule has 1 amide bonds. The number of anilines is 1. The average molecular weight is 457 g/mol. The molecule has 0 atom stereocenters. The molecule has 1 aliphatic carbocycles. The largest absolute Gasteiger partial charge is 0.586 e. The van der Waals surface area contributed by atoms with Crippen LogP contribution < -0.4 is 20.3 Å². The number of alkyl halides is 2. The van der Waals surface area contributed by atoms with Crippen molar-refractivity contribution < 1.29 is 32.4 Å². The number of fused-ring (bicyclic) bond motifs is 1. The topological polar surface area (TPSA) is 66.0 Å². The van der Waals surface area contributed by atoms with Gasteiger partial charge in [0.05, 0.1) is 16.6 Å². The number of ether oxygens (including phenoxy) is 2. The molecule has 2 heterocycles. The van der Waals surface area contributed by atoms with E-state index in [-0.39, 0.29) is 17.4 Å². The van der Waals surface area contributed by atoms with E-state index >= 15 is 0 Å². The predicted molar refractivity (Wildman–Crippen MR) is 119 cm³/mol. The molecule has 0 aromatic heterocycles. The Morgan fingerprint density at radius 3 is 2.21 bits per heavy atom. The minimum atomic E-state index is -3.69. The van der Waals surface area contributed by atoms with Crippen molar-refractivity contribution in [3.8, 4) is 11.5 Å². The van der Waals surface area contributed by atoms with Gasteiger partial charge in [-0.1, -0.05) is 17.7 Å². The molecule has 0 unspecified atom stereocenters. The highest BCUT2D eigenvalue weighted by atomic mass is 19.3. The first kappa shape index (κ1) is 22.2. The smallest absolute Gasteiger partial charge is 0.399 e. The van der Waals surface area contributed by atoms with E-state index in [1.165, 1.54) is 12.1 Å². The maximum Gasteiger partial charge on any atom is 0.586 e. The standard InChI is InChI=1S/C24H26BF2NO5/c1-14-6-8-16(13-17(14)25-32-21(2,3)22(4,5)33-25)28-20(29)23(10-11-23)15-7-9-18-19(12-15)31-24(26,27)30-18/h6-9,12-13H,10-11H2,1-5H3,(H,28,29). The van der Waals surface area contributed by atoms with Gasteiger partial charge in [-0.2, -0.15) is 0 Å². The van der Waals surface area contributed by atoms with Gasteiger partial charge in [0.1, 0.15) is 0 Å². The normalized spacial score (nSPS) is 22.8. The van der Waals surface area contributed by atoms with E-state index in [1.54, 1.807) is 6.07 Å². The summed E-state index contributed by atoms with van der Waals surface area (Å²) in [6, 6.07) is 10.1. The van der Waals surface area contributed by atoms with Crippen LogP contribution in [-0.4, -0.2) is 30.5 Å². The fourth-order valence-corrected chi connectivity index (χ4v) is 4.21. The van der Waals surface area contributed by atoms with Crippen molar-refractivity contribution in [3.63, 3.8) is 0 Å². The van der Waals surface area contributed by atoms with Gasteiger partial charge in [0.2, 0.25) is 5.91 Å². The van der Waals surface area contributed by atoms with E-state index in [0.29, 0.717) is 24.1 Å². The molecule has 174 valence electrons. The Kier molecular flexibility index (Phi) is 4.65. The third-order valence-electron chi connectivity index (χ3n) is 7.18. The Labute approximate surface area is 191 Å². The van der Waals surface area contributed by atoms with Gasteiger partial charge in [-0.15, -0.1) is 8.78 Å². The lowest BCUT2D eigenvalue weighted by molar-refractivity contribution is -0.286. The van der Waals surface area contributed by atoms with Crippen LogP contribution in [0.2, 0.25) is 0 Å². The number of benzene rings is 2. The molecule has 33 heavy (non-hydrogen) atoms. The summed E-state index contributed by atoms with van der Waals surface area (Å²) in [5, 5.41) is 2.99. The number of aryl methyl sites for hydroxylation is 1. The van der Waals surface area contributed by atoms with Crippen LogP contribution in [0.15, 0.2) is 36.4 Å². The Hall–Kier alpha value is -2.65. The molecule has 2 fully saturated rings. The molecule has 1 N–H and O–H groups in total. The van der Waals surface area contributed by atoms with Crippen molar-refractivity contribution in [1.82, 2.24) is 0 Å². The Balaban J connectivity index is 1.37. The number of hydrogen-bond donors (Lipinski definition) is 1. The summed E-state index contributed by atoms with van der Waals surface area (Å²) in [5.74, 6) is -0.294. The van der Waals surface area contributed by atoms with Crippen LogP contribution in [0.1, 0.15) is 51.7 Å². The second-order valence-corrected chi connectivity index (χ2v) is 10.0. The summed E-state index contributed by atoms with van der Waals surface area (Å²) in [4.78, 5) is 13.3. The van der Waals surface area contributed by atoms with Crippen molar-refractivity contribution >= 4 is 24.2 Å². The van der Waals surface area contributed by atoms with Crippen molar-refractivity contribution in [3.05, 3.63) is 47.5 Å². The zero-order valence-electron chi connectivity index (χ0n) is 19.3. The first-order valence-electron chi connectivity index (χ1n) is 11.0. The van der Waals surface area contributed by atoms with E-state index in [9.17, 15) is 13.6 Å². The summed E-state index contributed by atoms with van der Waals surface area (Å²) in [6.45, 7) is 9.94. The lowest BCUT2D eigenvalue weighted by Crippen LogP contribution is -2.41. The molecule has 0 radical (unpaired) electrons. The minimum absolute atomic E-state index is 0.0365. The first-order valence-corrected chi connectivity index (χ1v) is 11.0. The maximum absolute atomic E-state index is 13.4. The SMILES string of the molecule is Cc1ccc(NC(=O)C2(c3ccc4c(c3)OC(F)(F)O4)CC2)cc1B1OC(C)(C)C(C)(C)O1. The van der Waals surface area contributed by atoms with Crippen LogP contribution in [0.3, 0.4) is 0 Å².